The van der Waals surface area contributed by atoms with E-state index in [-0.39, 0.29) is 0 Å². The number of phenols is 1. The summed E-state index contributed by atoms with van der Waals surface area (Å²) in [5.74, 6) is 0.293. The van der Waals surface area contributed by atoms with Gasteiger partial charge in [0.15, 0.2) is 0 Å². The van der Waals surface area contributed by atoms with Gasteiger partial charge < -0.3 is 10.4 Å². The third kappa shape index (κ3) is 3.34. The number of phenolic OH excluding ortho intramolecular Hbond substituents is 1. The predicted molar refractivity (Wildman–Crippen MR) is 71.4 cm³/mol. The highest BCUT2D eigenvalue weighted by atomic mass is 16.3. The Morgan fingerprint density at radius 3 is 2.89 bits per heavy atom. The molecule has 4 heteroatoms. The van der Waals surface area contributed by atoms with Crippen molar-refractivity contribution in [1.82, 2.24) is 15.1 Å². The lowest BCUT2D eigenvalue weighted by Gasteiger charge is -2.11. The molecule has 1 aromatic carbocycles. The highest BCUT2D eigenvalue weighted by Gasteiger charge is 2.04. The molecule has 2 aromatic rings. The Kier molecular flexibility index (Phi) is 3.99. The van der Waals surface area contributed by atoms with Crippen molar-refractivity contribution in [2.75, 3.05) is 0 Å². The third-order valence-corrected chi connectivity index (χ3v) is 2.74. The summed E-state index contributed by atoms with van der Waals surface area (Å²) in [6, 6.07) is 9.74. The molecule has 0 radical (unpaired) electrons. The molecule has 1 heterocycles. The molecule has 0 saturated heterocycles. The van der Waals surface area contributed by atoms with Gasteiger partial charge in [-0.15, -0.1) is 0 Å². The van der Waals surface area contributed by atoms with Gasteiger partial charge in [0.25, 0.3) is 0 Å². The number of aromatic nitrogens is 2. The van der Waals surface area contributed by atoms with E-state index in [4.69, 9.17) is 0 Å². The quantitative estimate of drug-likeness (QED) is 0.848. The molecular formula is C14H19N3O. The number of aromatic hydroxyl groups is 1. The van der Waals surface area contributed by atoms with Crippen LogP contribution in [0.25, 0.3) is 0 Å². The van der Waals surface area contributed by atoms with Crippen LogP contribution in [-0.4, -0.2) is 20.9 Å². The van der Waals surface area contributed by atoms with Crippen molar-refractivity contribution in [2.45, 2.75) is 33.0 Å². The molecule has 2 N–H and O–H groups in total. The maximum atomic E-state index is 9.45. The Labute approximate surface area is 107 Å². The molecule has 0 atom stereocenters. The molecule has 0 unspecified atom stereocenters. The van der Waals surface area contributed by atoms with Crippen LogP contribution < -0.4 is 5.32 Å². The molecule has 2 rings (SSSR count). The van der Waals surface area contributed by atoms with E-state index < -0.39 is 0 Å². The van der Waals surface area contributed by atoms with Crippen LogP contribution >= 0.6 is 0 Å². The van der Waals surface area contributed by atoms with Gasteiger partial charge in [0.2, 0.25) is 0 Å². The third-order valence-electron chi connectivity index (χ3n) is 2.74. The van der Waals surface area contributed by atoms with Crippen molar-refractivity contribution in [2.24, 2.45) is 0 Å². The lowest BCUT2D eigenvalue weighted by Crippen LogP contribution is -2.23. The van der Waals surface area contributed by atoms with Crippen molar-refractivity contribution in [3.63, 3.8) is 0 Å². The topological polar surface area (TPSA) is 50.1 Å². The maximum Gasteiger partial charge on any atom is 0.115 e. The zero-order valence-electron chi connectivity index (χ0n) is 10.8. The molecule has 1 aromatic heterocycles. The fourth-order valence-corrected chi connectivity index (χ4v) is 1.79. The average Bonchev–Trinajstić information content (AvgIpc) is 2.74. The van der Waals surface area contributed by atoms with Crippen molar-refractivity contribution in [3.05, 3.63) is 47.8 Å². The van der Waals surface area contributed by atoms with Gasteiger partial charge >= 0.3 is 0 Å². The number of nitrogens with zero attached hydrogens (tertiary/aromatic N) is 2. The Hall–Kier alpha value is -1.81. The SMILES string of the molecule is CC(C)NCc1ccnn1Cc1cccc(O)c1. The molecule has 0 fully saturated rings. The van der Waals surface area contributed by atoms with E-state index >= 15 is 0 Å². The van der Waals surface area contributed by atoms with E-state index in [9.17, 15) is 5.11 Å². The summed E-state index contributed by atoms with van der Waals surface area (Å²) in [6.45, 7) is 5.72. The summed E-state index contributed by atoms with van der Waals surface area (Å²) in [5, 5.41) is 17.1. The Morgan fingerprint density at radius 1 is 1.33 bits per heavy atom. The Bertz CT molecular complexity index is 505. The number of rotatable bonds is 5. The first-order valence-electron chi connectivity index (χ1n) is 6.17. The van der Waals surface area contributed by atoms with Crippen molar-refractivity contribution in [3.8, 4) is 5.75 Å². The summed E-state index contributed by atoms with van der Waals surface area (Å²) in [6.07, 6.45) is 1.81. The molecule has 96 valence electrons. The van der Waals surface area contributed by atoms with Gasteiger partial charge in [-0.05, 0) is 23.8 Å². The van der Waals surface area contributed by atoms with Crippen molar-refractivity contribution < 1.29 is 5.11 Å². The molecule has 0 spiro atoms. The van der Waals surface area contributed by atoms with E-state index in [0.717, 1.165) is 17.8 Å². The van der Waals surface area contributed by atoms with Crippen LogP contribution in [0.15, 0.2) is 36.5 Å². The molecule has 0 aliphatic heterocycles. The van der Waals surface area contributed by atoms with Crippen LogP contribution in [0.1, 0.15) is 25.1 Å². The standard InChI is InChI=1S/C14H19N3O/c1-11(2)15-9-13-6-7-16-17(13)10-12-4-3-5-14(18)8-12/h3-8,11,15,18H,9-10H2,1-2H3. The number of benzene rings is 1. The normalized spacial score (nSPS) is 11.1. The Morgan fingerprint density at radius 2 is 2.17 bits per heavy atom. The summed E-state index contributed by atoms with van der Waals surface area (Å²) in [5.41, 5.74) is 2.19. The van der Waals surface area contributed by atoms with Gasteiger partial charge in [-0.2, -0.15) is 5.10 Å². The molecule has 0 saturated carbocycles. The Balaban J connectivity index is 2.07. The second-order valence-electron chi connectivity index (χ2n) is 4.69. The van der Waals surface area contributed by atoms with Crippen LogP contribution in [0.3, 0.4) is 0 Å². The molecule has 0 aliphatic carbocycles. The van der Waals surface area contributed by atoms with Gasteiger partial charge in [0.1, 0.15) is 5.75 Å². The molecule has 0 amide bonds. The van der Waals surface area contributed by atoms with Crippen LogP contribution in [0.5, 0.6) is 5.75 Å². The number of nitrogens with one attached hydrogen (secondary N) is 1. The van der Waals surface area contributed by atoms with Gasteiger partial charge in [-0.1, -0.05) is 26.0 Å². The van der Waals surface area contributed by atoms with E-state index in [1.165, 1.54) is 0 Å². The molecular weight excluding hydrogens is 226 g/mol. The largest absolute Gasteiger partial charge is 0.508 e. The minimum absolute atomic E-state index is 0.293. The second kappa shape index (κ2) is 5.69. The van der Waals surface area contributed by atoms with E-state index in [0.29, 0.717) is 18.3 Å². The highest BCUT2D eigenvalue weighted by molar-refractivity contribution is 5.27. The summed E-state index contributed by atoms with van der Waals surface area (Å²) >= 11 is 0. The smallest absolute Gasteiger partial charge is 0.115 e. The van der Waals surface area contributed by atoms with E-state index in [1.54, 1.807) is 18.3 Å². The monoisotopic (exact) mass is 245 g/mol. The lowest BCUT2D eigenvalue weighted by molar-refractivity contribution is 0.473. The zero-order chi connectivity index (χ0) is 13.0. The predicted octanol–water partition coefficient (Wildman–Crippen LogP) is 2.13. The minimum atomic E-state index is 0.293. The highest BCUT2D eigenvalue weighted by Crippen LogP contribution is 2.12. The minimum Gasteiger partial charge on any atom is -0.508 e. The van der Waals surface area contributed by atoms with Gasteiger partial charge in [0, 0.05) is 18.8 Å². The first kappa shape index (κ1) is 12.6. The molecule has 0 bridgehead atoms. The van der Waals surface area contributed by atoms with Crippen LogP contribution in [-0.2, 0) is 13.1 Å². The van der Waals surface area contributed by atoms with Crippen molar-refractivity contribution in [1.29, 1.82) is 0 Å². The molecule has 0 aliphatic rings. The van der Waals surface area contributed by atoms with E-state index in [1.807, 2.05) is 22.9 Å². The van der Waals surface area contributed by atoms with Crippen molar-refractivity contribution >= 4 is 0 Å². The summed E-state index contributed by atoms with van der Waals surface area (Å²) in [7, 11) is 0. The van der Waals surface area contributed by atoms with Gasteiger partial charge in [-0.3, -0.25) is 4.68 Å². The van der Waals surface area contributed by atoms with Gasteiger partial charge in [0.05, 0.1) is 12.2 Å². The first-order chi connectivity index (χ1) is 8.65. The summed E-state index contributed by atoms with van der Waals surface area (Å²) < 4.78 is 1.95. The first-order valence-corrected chi connectivity index (χ1v) is 6.17. The fraction of sp³-hybridized carbons (Fsp3) is 0.357. The number of hydrogen-bond acceptors (Lipinski definition) is 3. The van der Waals surface area contributed by atoms with Crippen LogP contribution in [0, 0.1) is 0 Å². The fourth-order valence-electron chi connectivity index (χ4n) is 1.79. The molecule has 4 nitrogen and oxygen atoms in total. The second-order valence-corrected chi connectivity index (χ2v) is 4.69. The lowest BCUT2D eigenvalue weighted by atomic mass is 10.2. The number of hydrogen-bond donors (Lipinski definition) is 2. The summed E-state index contributed by atoms with van der Waals surface area (Å²) in [4.78, 5) is 0. The molecule has 18 heavy (non-hydrogen) atoms. The average molecular weight is 245 g/mol. The maximum absolute atomic E-state index is 9.45. The van der Waals surface area contributed by atoms with Crippen LogP contribution in [0.2, 0.25) is 0 Å². The van der Waals surface area contributed by atoms with Gasteiger partial charge in [-0.25, -0.2) is 0 Å². The van der Waals surface area contributed by atoms with E-state index in [2.05, 4.69) is 24.3 Å². The zero-order valence-corrected chi connectivity index (χ0v) is 10.8. The van der Waals surface area contributed by atoms with Crippen LogP contribution in [0.4, 0.5) is 0 Å².